The van der Waals surface area contributed by atoms with Crippen molar-refractivity contribution in [1.82, 2.24) is 9.80 Å². The first-order chi connectivity index (χ1) is 6.31. The number of piperazine rings is 1. The van der Waals surface area contributed by atoms with E-state index in [0.717, 1.165) is 38.9 Å². The van der Waals surface area contributed by atoms with Gasteiger partial charge in [0.15, 0.2) is 0 Å². The summed E-state index contributed by atoms with van der Waals surface area (Å²) >= 11 is 0. The molecule has 0 spiro atoms. The highest BCUT2D eigenvalue weighted by atomic mass is 16.2. The van der Waals surface area contributed by atoms with E-state index < -0.39 is 0 Å². The summed E-state index contributed by atoms with van der Waals surface area (Å²) in [5.74, 6) is 0.347. The summed E-state index contributed by atoms with van der Waals surface area (Å²) in [5.41, 5.74) is 0. The molecule has 2 aliphatic heterocycles. The molecule has 2 fully saturated rings. The highest BCUT2D eigenvalue weighted by Gasteiger charge is 2.31. The summed E-state index contributed by atoms with van der Waals surface area (Å²) in [6, 6.07) is 0.452. The molecule has 0 radical (unpaired) electrons. The average Bonchev–Trinajstić information content (AvgIpc) is 2.18. The third-order valence-electron chi connectivity index (χ3n) is 3.02. The molecular weight excluding hydrogens is 164 g/mol. The van der Waals surface area contributed by atoms with Gasteiger partial charge in [0.1, 0.15) is 0 Å². The minimum Gasteiger partial charge on any atom is -0.374 e. The number of carbonyl (C=O) groups is 1. The molecule has 0 saturated carbocycles. The first kappa shape index (κ1) is 8.60. The van der Waals surface area contributed by atoms with Crippen LogP contribution in [0.1, 0.15) is 19.3 Å². The summed E-state index contributed by atoms with van der Waals surface area (Å²) in [6.45, 7) is 6.58. The second-order valence-corrected chi connectivity index (χ2v) is 3.81. The Morgan fingerprint density at radius 1 is 1.46 bits per heavy atom. The standard InChI is InChI=1S/C10H16N2O/c1-2-11-6-7-12-9(8-11)4-3-5-10(12)13/h2,9H,1,3-8H2/t9-/m0/s1. The lowest BCUT2D eigenvalue weighted by atomic mass is 9.99. The van der Waals surface area contributed by atoms with Gasteiger partial charge in [-0.2, -0.15) is 0 Å². The van der Waals surface area contributed by atoms with Gasteiger partial charge in [-0.25, -0.2) is 0 Å². The largest absolute Gasteiger partial charge is 0.374 e. The third kappa shape index (κ3) is 1.55. The SMILES string of the molecule is C=CN1CCN2C(=O)CCC[C@H]2C1. The molecule has 0 bridgehead atoms. The number of amides is 1. The van der Waals surface area contributed by atoms with Crippen molar-refractivity contribution < 1.29 is 4.79 Å². The zero-order chi connectivity index (χ0) is 9.26. The van der Waals surface area contributed by atoms with Crippen LogP contribution in [0.3, 0.4) is 0 Å². The van der Waals surface area contributed by atoms with Crippen molar-refractivity contribution in [3.05, 3.63) is 12.8 Å². The maximum Gasteiger partial charge on any atom is 0.222 e. The lowest BCUT2D eigenvalue weighted by Gasteiger charge is -2.43. The smallest absolute Gasteiger partial charge is 0.222 e. The van der Waals surface area contributed by atoms with Crippen LogP contribution in [0.25, 0.3) is 0 Å². The number of hydrogen-bond acceptors (Lipinski definition) is 2. The van der Waals surface area contributed by atoms with Crippen LogP contribution < -0.4 is 0 Å². The van der Waals surface area contributed by atoms with Crippen molar-refractivity contribution in [3.63, 3.8) is 0 Å². The van der Waals surface area contributed by atoms with Crippen LogP contribution in [-0.4, -0.2) is 41.4 Å². The van der Waals surface area contributed by atoms with Crippen LogP contribution >= 0.6 is 0 Å². The van der Waals surface area contributed by atoms with Crippen molar-refractivity contribution in [1.29, 1.82) is 0 Å². The van der Waals surface area contributed by atoms with Gasteiger partial charge in [-0.1, -0.05) is 6.58 Å². The quantitative estimate of drug-likeness (QED) is 0.596. The molecule has 2 rings (SSSR count). The van der Waals surface area contributed by atoms with Crippen molar-refractivity contribution >= 4 is 5.91 Å². The van der Waals surface area contributed by atoms with E-state index in [9.17, 15) is 4.79 Å². The second kappa shape index (κ2) is 3.40. The molecule has 2 heterocycles. The molecule has 2 aliphatic rings. The fraction of sp³-hybridized carbons (Fsp3) is 0.700. The number of hydrogen-bond donors (Lipinski definition) is 0. The Morgan fingerprint density at radius 3 is 3.08 bits per heavy atom. The zero-order valence-electron chi connectivity index (χ0n) is 7.91. The Morgan fingerprint density at radius 2 is 2.31 bits per heavy atom. The van der Waals surface area contributed by atoms with Crippen molar-refractivity contribution in [2.24, 2.45) is 0 Å². The Labute approximate surface area is 79.0 Å². The molecule has 0 unspecified atom stereocenters. The van der Waals surface area contributed by atoms with Crippen LogP contribution in [-0.2, 0) is 4.79 Å². The van der Waals surface area contributed by atoms with Gasteiger partial charge in [0.2, 0.25) is 5.91 Å². The predicted octanol–water partition coefficient (Wildman–Crippen LogP) is 0.827. The Hall–Kier alpha value is -0.990. The molecule has 0 N–H and O–H groups in total. The first-order valence-electron chi connectivity index (χ1n) is 4.97. The first-order valence-corrected chi connectivity index (χ1v) is 4.97. The molecule has 0 aromatic heterocycles. The molecule has 1 atom stereocenters. The number of carbonyl (C=O) groups excluding carboxylic acids is 1. The molecule has 13 heavy (non-hydrogen) atoms. The van der Waals surface area contributed by atoms with E-state index in [1.54, 1.807) is 0 Å². The fourth-order valence-electron chi connectivity index (χ4n) is 2.25. The summed E-state index contributed by atoms with van der Waals surface area (Å²) in [5, 5.41) is 0. The van der Waals surface area contributed by atoms with E-state index in [1.165, 1.54) is 0 Å². The Balaban J connectivity index is 2.03. The minimum absolute atomic E-state index is 0.347. The van der Waals surface area contributed by atoms with Crippen molar-refractivity contribution in [2.45, 2.75) is 25.3 Å². The Kier molecular flexibility index (Phi) is 2.25. The molecular formula is C10H16N2O. The van der Waals surface area contributed by atoms with Gasteiger partial charge in [0, 0.05) is 32.1 Å². The molecule has 3 nitrogen and oxygen atoms in total. The van der Waals surface area contributed by atoms with E-state index in [0.29, 0.717) is 11.9 Å². The van der Waals surface area contributed by atoms with Crippen LogP contribution in [0.5, 0.6) is 0 Å². The Bertz CT molecular complexity index is 227. The minimum atomic E-state index is 0.347. The van der Waals surface area contributed by atoms with Crippen LogP contribution in [0.4, 0.5) is 0 Å². The van der Waals surface area contributed by atoms with Gasteiger partial charge >= 0.3 is 0 Å². The molecule has 0 aromatic carbocycles. The topological polar surface area (TPSA) is 23.6 Å². The molecule has 2 saturated heterocycles. The maximum absolute atomic E-state index is 11.5. The monoisotopic (exact) mass is 180 g/mol. The van der Waals surface area contributed by atoms with Gasteiger partial charge in [0.05, 0.1) is 0 Å². The van der Waals surface area contributed by atoms with Crippen LogP contribution in [0.2, 0.25) is 0 Å². The number of nitrogens with zero attached hydrogens (tertiary/aromatic N) is 2. The average molecular weight is 180 g/mol. The normalized spacial score (nSPS) is 28.6. The van der Waals surface area contributed by atoms with Gasteiger partial charge in [0.25, 0.3) is 0 Å². The van der Waals surface area contributed by atoms with E-state index in [4.69, 9.17) is 0 Å². The lowest BCUT2D eigenvalue weighted by Crippen LogP contribution is -2.55. The van der Waals surface area contributed by atoms with Gasteiger partial charge < -0.3 is 9.80 Å². The van der Waals surface area contributed by atoms with E-state index in [1.807, 2.05) is 11.1 Å². The van der Waals surface area contributed by atoms with E-state index in [2.05, 4.69) is 11.5 Å². The van der Waals surface area contributed by atoms with Crippen molar-refractivity contribution in [3.8, 4) is 0 Å². The summed E-state index contributed by atoms with van der Waals surface area (Å²) < 4.78 is 0. The molecule has 0 aromatic rings. The molecule has 3 heteroatoms. The lowest BCUT2D eigenvalue weighted by molar-refractivity contribution is -0.138. The number of fused-ring (bicyclic) bond motifs is 1. The van der Waals surface area contributed by atoms with E-state index in [-0.39, 0.29) is 0 Å². The fourth-order valence-corrected chi connectivity index (χ4v) is 2.25. The van der Waals surface area contributed by atoms with E-state index >= 15 is 0 Å². The van der Waals surface area contributed by atoms with Crippen LogP contribution in [0, 0.1) is 0 Å². The molecule has 0 aliphatic carbocycles. The number of rotatable bonds is 1. The summed E-state index contributed by atoms with van der Waals surface area (Å²) in [7, 11) is 0. The highest BCUT2D eigenvalue weighted by molar-refractivity contribution is 5.77. The van der Waals surface area contributed by atoms with Gasteiger partial charge in [-0.15, -0.1) is 0 Å². The zero-order valence-corrected chi connectivity index (χ0v) is 7.91. The second-order valence-electron chi connectivity index (χ2n) is 3.81. The molecule has 72 valence electrons. The number of piperidine rings is 1. The van der Waals surface area contributed by atoms with Crippen LogP contribution in [0.15, 0.2) is 12.8 Å². The van der Waals surface area contributed by atoms with Gasteiger partial charge in [-0.3, -0.25) is 4.79 Å². The van der Waals surface area contributed by atoms with Crippen molar-refractivity contribution in [2.75, 3.05) is 19.6 Å². The predicted molar refractivity (Wildman–Crippen MR) is 51.1 cm³/mol. The summed E-state index contributed by atoms with van der Waals surface area (Å²) in [4.78, 5) is 15.8. The third-order valence-corrected chi connectivity index (χ3v) is 3.02. The maximum atomic E-state index is 11.5. The summed E-state index contributed by atoms with van der Waals surface area (Å²) in [6.07, 6.45) is 4.86. The molecule has 1 amide bonds. The highest BCUT2D eigenvalue weighted by Crippen LogP contribution is 2.21. The van der Waals surface area contributed by atoms with Gasteiger partial charge in [-0.05, 0) is 19.0 Å².